The van der Waals surface area contributed by atoms with E-state index in [0.717, 1.165) is 11.1 Å². The van der Waals surface area contributed by atoms with Crippen LogP contribution >= 0.6 is 11.6 Å². The molecular weight excluding hydrogens is 316 g/mol. The van der Waals surface area contributed by atoms with Crippen molar-refractivity contribution in [3.8, 4) is 5.75 Å². The third kappa shape index (κ3) is 4.23. The number of hydrogen-bond acceptors (Lipinski definition) is 3. The van der Waals surface area contributed by atoms with E-state index in [0.29, 0.717) is 22.1 Å². The summed E-state index contributed by atoms with van der Waals surface area (Å²) >= 11 is 5.90. The number of benzene rings is 2. The van der Waals surface area contributed by atoms with Crippen molar-refractivity contribution in [3.63, 3.8) is 0 Å². The maximum Gasteiger partial charge on any atom is 0.314 e. The van der Waals surface area contributed by atoms with Crippen LogP contribution in [-0.2, 0) is 9.59 Å². The first-order valence-electron chi connectivity index (χ1n) is 6.94. The second kappa shape index (κ2) is 7.15. The first-order chi connectivity index (χ1) is 10.9. The zero-order valence-corrected chi connectivity index (χ0v) is 13.8. The molecule has 0 aromatic heterocycles. The summed E-state index contributed by atoms with van der Waals surface area (Å²) in [4.78, 5) is 24.1. The van der Waals surface area contributed by atoms with E-state index in [9.17, 15) is 9.59 Å². The molecule has 0 fully saturated rings. The number of methoxy groups -OCH3 is 1. The van der Waals surface area contributed by atoms with Gasteiger partial charge >= 0.3 is 11.8 Å². The maximum absolute atomic E-state index is 12.1. The molecule has 0 aliphatic heterocycles. The molecule has 23 heavy (non-hydrogen) atoms. The summed E-state index contributed by atoms with van der Waals surface area (Å²) in [7, 11) is 1.50. The Kier molecular flexibility index (Phi) is 5.24. The number of ether oxygens (including phenoxy) is 1. The highest BCUT2D eigenvalue weighted by Crippen LogP contribution is 2.25. The summed E-state index contributed by atoms with van der Waals surface area (Å²) in [5.41, 5.74) is 2.68. The Morgan fingerprint density at radius 1 is 0.957 bits per heavy atom. The first-order valence-corrected chi connectivity index (χ1v) is 7.31. The molecule has 0 aliphatic rings. The zero-order chi connectivity index (χ0) is 17.0. The van der Waals surface area contributed by atoms with Crippen LogP contribution in [0.1, 0.15) is 11.1 Å². The summed E-state index contributed by atoms with van der Waals surface area (Å²) in [5, 5.41) is 5.57. The molecule has 2 N–H and O–H groups in total. The Bertz CT molecular complexity index is 759. The van der Waals surface area contributed by atoms with E-state index in [1.165, 1.54) is 7.11 Å². The molecule has 2 aromatic carbocycles. The Morgan fingerprint density at radius 3 is 2.26 bits per heavy atom. The second-order valence-corrected chi connectivity index (χ2v) is 5.51. The normalized spacial score (nSPS) is 10.1. The Hall–Kier alpha value is -2.53. The van der Waals surface area contributed by atoms with Crippen LogP contribution in [0.25, 0.3) is 0 Å². The summed E-state index contributed by atoms with van der Waals surface area (Å²) in [6.07, 6.45) is 0. The fourth-order valence-electron chi connectivity index (χ4n) is 2.01. The van der Waals surface area contributed by atoms with Crippen LogP contribution in [-0.4, -0.2) is 18.9 Å². The number of nitrogens with one attached hydrogen (secondary N) is 2. The van der Waals surface area contributed by atoms with Crippen LogP contribution in [0.3, 0.4) is 0 Å². The van der Waals surface area contributed by atoms with Crippen LogP contribution in [0.2, 0.25) is 5.02 Å². The standard InChI is InChI=1S/C17H17ClN2O3/c1-10-4-7-15(23-3)14(8-10)20-17(22)16(21)19-13-9-12(18)6-5-11(13)2/h4-9H,1-3H3,(H,19,21)(H,20,22). The number of halogens is 1. The van der Waals surface area contributed by atoms with Crippen molar-refractivity contribution in [2.45, 2.75) is 13.8 Å². The molecule has 0 saturated carbocycles. The molecular formula is C17H17ClN2O3. The molecule has 0 atom stereocenters. The number of rotatable bonds is 3. The smallest absolute Gasteiger partial charge is 0.314 e. The lowest BCUT2D eigenvalue weighted by Gasteiger charge is -2.12. The molecule has 0 saturated heterocycles. The van der Waals surface area contributed by atoms with Crippen LogP contribution in [0.15, 0.2) is 36.4 Å². The van der Waals surface area contributed by atoms with E-state index >= 15 is 0 Å². The van der Waals surface area contributed by atoms with Crippen molar-refractivity contribution in [3.05, 3.63) is 52.5 Å². The predicted octanol–water partition coefficient (Wildman–Crippen LogP) is 3.54. The average molecular weight is 333 g/mol. The van der Waals surface area contributed by atoms with Gasteiger partial charge < -0.3 is 15.4 Å². The van der Waals surface area contributed by atoms with Crippen LogP contribution in [0, 0.1) is 13.8 Å². The minimum absolute atomic E-state index is 0.440. The van der Waals surface area contributed by atoms with Gasteiger partial charge in [0.25, 0.3) is 0 Å². The highest BCUT2D eigenvalue weighted by atomic mass is 35.5. The maximum atomic E-state index is 12.1. The van der Waals surface area contributed by atoms with Crippen LogP contribution in [0.4, 0.5) is 11.4 Å². The SMILES string of the molecule is COc1ccc(C)cc1NC(=O)C(=O)Nc1cc(Cl)ccc1C. The molecule has 0 unspecified atom stereocenters. The van der Waals surface area contributed by atoms with Gasteiger partial charge in [-0.15, -0.1) is 0 Å². The molecule has 6 heteroatoms. The number of amides is 2. The topological polar surface area (TPSA) is 67.4 Å². The van der Waals surface area contributed by atoms with E-state index < -0.39 is 11.8 Å². The van der Waals surface area contributed by atoms with Gasteiger partial charge in [-0.25, -0.2) is 0 Å². The van der Waals surface area contributed by atoms with E-state index in [1.807, 2.05) is 19.9 Å². The molecule has 2 amide bonds. The van der Waals surface area contributed by atoms with Gasteiger partial charge in [-0.2, -0.15) is 0 Å². The lowest BCUT2D eigenvalue weighted by Crippen LogP contribution is -2.29. The van der Waals surface area contributed by atoms with Gasteiger partial charge in [-0.1, -0.05) is 23.7 Å². The van der Waals surface area contributed by atoms with Gasteiger partial charge in [0.05, 0.1) is 12.8 Å². The van der Waals surface area contributed by atoms with Crippen LogP contribution in [0.5, 0.6) is 5.75 Å². The number of hydrogen-bond donors (Lipinski definition) is 2. The molecule has 0 aliphatic carbocycles. The monoisotopic (exact) mass is 332 g/mol. The molecule has 2 rings (SSSR count). The largest absolute Gasteiger partial charge is 0.495 e. The fourth-order valence-corrected chi connectivity index (χ4v) is 2.18. The van der Waals surface area contributed by atoms with Crippen molar-refractivity contribution in [1.82, 2.24) is 0 Å². The predicted molar refractivity (Wildman–Crippen MR) is 91.2 cm³/mol. The van der Waals surface area contributed by atoms with E-state index in [-0.39, 0.29) is 0 Å². The average Bonchev–Trinajstić information content (AvgIpc) is 2.51. The number of anilines is 2. The van der Waals surface area contributed by atoms with Crippen molar-refractivity contribution in [2.75, 3.05) is 17.7 Å². The Balaban J connectivity index is 2.13. The Morgan fingerprint density at radius 2 is 1.61 bits per heavy atom. The molecule has 5 nitrogen and oxygen atoms in total. The highest BCUT2D eigenvalue weighted by molar-refractivity contribution is 6.44. The summed E-state index contributed by atoms with van der Waals surface area (Å²) in [6, 6.07) is 10.4. The van der Waals surface area contributed by atoms with Crippen molar-refractivity contribution in [2.24, 2.45) is 0 Å². The minimum atomic E-state index is -0.784. The highest BCUT2D eigenvalue weighted by Gasteiger charge is 2.17. The molecule has 0 radical (unpaired) electrons. The van der Waals surface area contributed by atoms with Crippen molar-refractivity contribution < 1.29 is 14.3 Å². The second-order valence-electron chi connectivity index (χ2n) is 5.07. The van der Waals surface area contributed by atoms with Crippen molar-refractivity contribution in [1.29, 1.82) is 0 Å². The van der Waals surface area contributed by atoms with Gasteiger partial charge in [0.15, 0.2) is 0 Å². The van der Waals surface area contributed by atoms with E-state index in [4.69, 9.17) is 16.3 Å². The van der Waals surface area contributed by atoms with Gasteiger partial charge in [-0.05, 0) is 49.2 Å². The Labute approximate surface area is 139 Å². The summed E-state index contributed by atoms with van der Waals surface area (Å²) < 4.78 is 5.17. The number of carbonyl (C=O) groups excluding carboxylic acids is 2. The van der Waals surface area contributed by atoms with Gasteiger partial charge in [0, 0.05) is 10.7 Å². The van der Waals surface area contributed by atoms with Gasteiger partial charge in [-0.3, -0.25) is 9.59 Å². The lowest BCUT2D eigenvalue weighted by atomic mass is 10.2. The third-order valence-electron chi connectivity index (χ3n) is 3.26. The molecule has 0 spiro atoms. The lowest BCUT2D eigenvalue weighted by molar-refractivity contribution is -0.133. The zero-order valence-electron chi connectivity index (χ0n) is 13.1. The fraction of sp³-hybridized carbons (Fsp3) is 0.176. The van der Waals surface area contributed by atoms with E-state index in [1.54, 1.807) is 30.3 Å². The first kappa shape index (κ1) is 16.8. The van der Waals surface area contributed by atoms with Crippen LogP contribution < -0.4 is 15.4 Å². The van der Waals surface area contributed by atoms with E-state index in [2.05, 4.69) is 10.6 Å². The quantitative estimate of drug-likeness (QED) is 0.845. The number of aryl methyl sites for hydroxylation is 2. The molecule has 0 heterocycles. The van der Waals surface area contributed by atoms with Gasteiger partial charge in [0.1, 0.15) is 5.75 Å². The van der Waals surface area contributed by atoms with Gasteiger partial charge in [0.2, 0.25) is 0 Å². The van der Waals surface area contributed by atoms with Crippen molar-refractivity contribution >= 4 is 34.8 Å². The minimum Gasteiger partial charge on any atom is -0.495 e. The number of carbonyl (C=O) groups is 2. The molecule has 120 valence electrons. The summed E-state index contributed by atoms with van der Waals surface area (Å²) in [6.45, 7) is 3.69. The molecule has 2 aromatic rings. The molecule has 0 bridgehead atoms. The third-order valence-corrected chi connectivity index (χ3v) is 3.49. The summed E-state index contributed by atoms with van der Waals surface area (Å²) in [5.74, 6) is -1.08.